The molecule has 0 aliphatic carbocycles. The van der Waals surface area contributed by atoms with Gasteiger partial charge in [0.2, 0.25) is 0 Å². The van der Waals surface area contributed by atoms with Crippen LogP contribution in [0.5, 0.6) is 0 Å². The van der Waals surface area contributed by atoms with E-state index in [0.717, 1.165) is 6.42 Å². The number of nitrogen functional groups attached to an aromatic ring is 1. The molecule has 0 atom stereocenters. The van der Waals surface area contributed by atoms with Crippen LogP contribution in [0.1, 0.15) is 41.0 Å². The molecule has 1 aromatic carbocycles. The number of aromatic carboxylic acids is 1. The molecule has 5 N–H and O–H groups in total. The van der Waals surface area contributed by atoms with Crippen molar-refractivity contribution in [1.82, 2.24) is 5.43 Å². The zero-order valence-corrected chi connectivity index (χ0v) is 11.1. The molecule has 0 bridgehead atoms. The number of carboxylic acid groups (broad SMARTS) is 1. The average molecular weight is 265 g/mol. The predicted octanol–water partition coefficient (Wildman–Crippen LogP) is 1.45. The molecular weight excluding hydrogens is 246 g/mol. The maximum atomic E-state index is 11.6. The Labute approximate surface area is 112 Å². The summed E-state index contributed by atoms with van der Waals surface area (Å²) in [5, 5.41) is 12.0. The number of carbonyl (C=O) groups excluding carboxylic acids is 1. The highest BCUT2D eigenvalue weighted by Crippen LogP contribution is 2.18. The number of hydrogen-bond acceptors (Lipinski definition) is 4. The molecule has 0 radical (unpaired) electrons. The van der Waals surface area contributed by atoms with E-state index in [1.54, 1.807) is 6.07 Å². The maximum absolute atomic E-state index is 11.6. The zero-order chi connectivity index (χ0) is 14.4. The summed E-state index contributed by atoms with van der Waals surface area (Å²) in [6.07, 6.45) is 0.949. The molecule has 0 aliphatic rings. The summed E-state index contributed by atoms with van der Waals surface area (Å²) in [5.41, 5.74) is 2.87. The molecular formula is C13H19N3O3. The fourth-order valence-electron chi connectivity index (χ4n) is 1.59. The van der Waals surface area contributed by atoms with Crippen LogP contribution in [0.25, 0.3) is 0 Å². The molecule has 19 heavy (non-hydrogen) atoms. The predicted molar refractivity (Wildman–Crippen MR) is 73.0 cm³/mol. The fraction of sp³-hybridized carbons (Fsp3) is 0.385. The summed E-state index contributed by atoms with van der Waals surface area (Å²) in [6.45, 7) is 4.90. The largest absolute Gasteiger partial charge is 0.478 e. The summed E-state index contributed by atoms with van der Waals surface area (Å²) in [6, 6.07) is 4.34. The second-order valence-corrected chi connectivity index (χ2v) is 4.65. The van der Waals surface area contributed by atoms with Crippen molar-refractivity contribution in [3.8, 4) is 0 Å². The number of hydrazine groups is 1. The highest BCUT2D eigenvalue weighted by molar-refractivity contribution is 6.01. The first-order valence-electron chi connectivity index (χ1n) is 6.08. The first-order valence-corrected chi connectivity index (χ1v) is 6.08. The number of carbonyl (C=O) groups is 2. The van der Waals surface area contributed by atoms with E-state index in [0.29, 0.717) is 18.2 Å². The first kappa shape index (κ1) is 15.0. The number of carboxylic acids is 1. The summed E-state index contributed by atoms with van der Waals surface area (Å²) >= 11 is 0. The van der Waals surface area contributed by atoms with Crippen molar-refractivity contribution in [2.24, 2.45) is 11.8 Å². The molecule has 0 saturated heterocycles. The SMILES string of the molecule is CC(C)CCNc1ccc(C(=O)O)cc1C(=O)NN. The summed E-state index contributed by atoms with van der Waals surface area (Å²) in [7, 11) is 0. The molecule has 0 fully saturated rings. The van der Waals surface area contributed by atoms with Gasteiger partial charge in [0.15, 0.2) is 0 Å². The third kappa shape index (κ3) is 4.26. The lowest BCUT2D eigenvalue weighted by molar-refractivity contribution is 0.0697. The van der Waals surface area contributed by atoms with E-state index in [4.69, 9.17) is 10.9 Å². The third-order valence-electron chi connectivity index (χ3n) is 2.68. The van der Waals surface area contributed by atoms with Crippen LogP contribution in [0.15, 0.2) is 18.2 Å². The van der Waals surface area contributed by atoms with Crippen LogP contribution in [-0.4, -0.2) is 23.5 Å². The Balaban J connectivity index is 2.95. The van der Waals surface area contributed by atoms with Crippen molar-refractivity contribution in [3.63, 3.8) is 0 Å². The van der Waals surface area contributed by atoms with Gasteiger partial charge in [-0.05, 0) is 30.5 Å². The monoisotopic (exact) mass is 265 g/mol. The third-order valence-corrected chi connectivity index (χ3v) is 2.68. The lowest BCUT2D eigenvalue weighted by Crippen LogP contribution is -2.31. The van der Waals surface area contributed by atoms with Gasteiger partial charge < -0.3 is 10.4 Å². The minimum Gasteiger partial charge on any atom is -0.478 e. The van der Waals surface area contributed by atoms with Crippen molar-refractivity contribution in [2.75, 3.05) is 11.9 Å². The Morgan fingerprint density at radius 1 is 1.37 bits per heavy atom. The number of nitrogens with two attached hydrogens (primary N) is 1. The number of anilines is 1. The van der Waals surface area contributed by atoms with E-state index in [9.17, 15) is 9.59 Å². The number of nitrogens with one attached hydrogen (secondary N) is 2. The average Bonchev–Trinajstić information content (AvgIpc) is 2.37. The minimum absolute atomic E-state index is 0.0491. The van der Waals surface area contributed by atoms with Gasteiger partial charge in [0.05, 0.1) is 11.1 Å². The standard InChI is InChI=1S/C13H19N3O3/c1-8(2)5-6-15-11-4-3-9(13(18)19)7-10(11)12(17)16-14/h3-4,7-8,15H,5-6,14H2,1-2H3,(H,16,17)(H,18,19). The van der Waals surface area contributed by atoms with E-state index in [-0.39, 0.29) is 11.1 Å². The van der Waals surface area contributed by atoms with Crippen LogP contribution in [0.3, 0.4) is 0 Å². The van der Waals surface area contributed by atoms with Gasteiger partial charge in [0.1, 0.15) is 0 Å². The van der Waals surface area contributed by atoms with Gasteiger partial charge >= 0.3 is 5.97 Å². The van der Waals surface area contributed by atoms with Gasteiger partial charge in [-0.15, -0.1) is 0 Å². The van der Waals surface area contributed by atoms with Crippen molar-refractivity contribution in [2.45, 2.75) is 20.3 Å². The minimum atomic E-state index is -1.08. The molecule has 6 nitrogen and oxygen atoms in total. The molecule has 104 valence electrons. The molecule has 0 aromatic heterocycles. The molecule has 6 heteroatoms. The Bertz CT molecular complexity index is 472. The topological polar surface area (TPSA) is 104 Å². The van der Waals surface area contributed by atoms with Crippen molar-refractivity contribution < 1.29 is 14.7 Å². The molecule has 1 aromatic rings. The Morgan fingerprint density at radius 2 is 2.05 bits per heavy atom. The lowest BCUT2D eigenvalue weighted by Gasteiger charge is -2.13. The smallest absolute Gasteiger partial charge is 0.335 e. The first-order chi connectivity index (χ1) is 8.95. The number of hydrogen-bond donors (Lipinski definition) is 4. The molecule has 0 heterocycles. The van der Waals surface area contributed by atoms with E-state index in [1.165, 1.54) is 12.1 Å². The fourth-order valence-corrected chi connectivity index (χ4v) is 1.59. The van der Waals surface area contributed by atoms with Crippen LogP contribution in [0.4, 0.5) is 5.69 Å². The Kier molecular flexibility index (Phi) is 5.32. The van der Waals surface area contributed by atoms with Gasteiger partial charge in [-0.2, -0.15) is 0 Å². The van der Waals surface area contributed by atoms with Gasteiger partial charge in [-0.1, -0.05) is 13.8 Å². The van der Waals surface area contributed by atoms with Crippen LogP contribution < -0.4 is 16.6 Å². The highest BCUT2D eigenvalue weighted by Gasteiger charge is 2.13. The summed E-state index contributed by atoms with van der Waals surface area (Å²) < 4.78 is 0. The van der Waals surface area contributed by atoms with Crippen LogP contribution in [-0.2, 0) is 0 Å². The normalized spacial score (nSPS) is 10.3. The van der Waals surface area contributed by atoms with E-state index < -0.39 is 11.9 Å². The van der Waals surface area contributed by atoms with Gasteiger partial charge in [-0.25, -0.2) is 10.6 Å². The second kappa shape index (κ2) is 6.75. The van der Waals surface area contributed by atoms with Crippen LogP contribution >= 0.6 is 0 Å². The maximum Gasteiger partial charge on any atom is 0.335 e. The number of benzene rings is 1. The molecule has 0 spiro atoms. The molecule has 1 amide bonds. The lowest BCUT2D eigenvalue weighted by atomic mass is 10.1. The van der Waals surface area contributed by atoms with E-state index in [2.05, 4.69) is 19.2 Å². The van der Waals surface area contributed by atoms with Gasteiger partial charge in [0, 0.05) is 12.2 Å². The summed E-state index contributed by atoms with van der Waals surface area (Å²) in [4.78, 5) is 22.5. The second-order valence-electron chi connectivity index (χ2n) is 4.65. The quantitative estimate of drug-likeness (QED) is 0.354. The molecule has 0 saturated carbocycles. The molecule has 0 aliphatic heterocycles. The van der Waals surface area contributed by atoms with Crippen LogP contribution in [0.2, 0.25) is 0 Å². The van der Waals surface area contributed by atoms with Gasteiger partial charge in [0.25, 0.3) is 5.91 Å². The molecule has 1 rings (SSSR count). The Hall–Kier alpha value is -2.08. The zero-order valence-electron chi connectivity index (χ0n) is 11.1. The van der Waals surface area contributed by atoms with Gasteiger partial charge in [-0.3, -0.25) is 10.2 Å². The van der Waals surface area contributed by atoms with Crippen molar-refractivity contribution in [3.05, 3.63) is 29.3 Å². The van der Waals surface area contributed by atoms with Crippen molar-refractivity contribution in [1.29, 1.82) is 0 Å². The van der Waals surface area contributed by atoms with Crippen LogP contribution in [0, 0.1) is 5.92 Å². The summed E-state index contributed by atoms with van der Waals surface area (Å²) in [5.74, 6) is 4.04. The van der Waals surface area contributed by atoms with E-state index >= 15 is 0 Å². The van der Waals surface area contributed by atoms with Crippen molar-refractivity contribution >= 4 is 17.6 Å². The number of amides is 1. The number of rotatable bonds is 6. The highest BCUT2D eigenvalue weighted by atomic mass is 16.4. The van der Waals surface area contributed by atoms with E-state index in [1.807, 2.05) is 5.43 Å². The Morgan fingerprint density at radius 3 is 2.58 bits per heavy atom. The molecule has 0 unspecified atom stereocenters.